The largest absolute Gasteiger partial charge is 0.480 e. The summed E-state index contributed by atoms with van der Waals surface area (Å²) in [5.74, 6) is -1.07. The average Bonchev–Trinajstić information content (AvgIpc) is 2.29. The predicted octanol–water partition coefficient (Wildman–Crippen LogP) is 1.33. The van der Waals surface area contributed by atoms with Gasteiger partial charge < -0.3 is 10.8 Å². The van der Waals surface area contributed by atoms with Gasteiger partial charge in [0, 0.05) is 18.6 Å². The van der Waals surface area contributed by atoms with Crippen LogP contribution in [0, 0.1) is 10.1 Å². The molecule has 3 N–H and O–H groups in total. The minimum atomic E-state index is -1.32. The van der Waals surface area contributed by atoms with E-state index in [0.29, 0.717) is 12.0 Å². The summed E-state index contributed by atoms with van der Waals surface area (Å²) in [5, 5.41) is 19.5. The van der Waals surface area contributed by atoms with Crippen LogP contribution in [-0.4, -0.2) is 21.5 Å². The number of carbonyl (C=O) groups is 1. The maximum absolute atomic E-state index is 11.0. The maximum Gasteiger partial charge on any atom is 0.324 e. The van der Waals surface area contributed by atoms with E-state index in [4.69, 9.17) is 10.8 Å². The summed E-state index contributed by atoms with van der Waals surface area (Å²) in [6.07, 6.45) is 0.441. The number of non-ortho nitro benzene ring substituents is 1. The number of hydrogen-bond donors (Lipinski definition) is 2. The van der Waals surface area contributed by atoms with Crippen LogP contribution in [0.2, 0.25) is 0 Å². The van der Waals surface area contributed by atoms with Gasteiger partial charge in [-0.2, -0.15) is 0 Å². The van der Waals surface area contributed by atoms with Crippen molar-refractivity contribution in [1.82, 2.24) is 0 Å². The molecule has 0 radical (unpaired) electrons. The van der Waals surface area contributed by atoms with Crippen molar-refractivity contribution in [3.63, 3.8) is 0 Å². The lowest BCUT2D eigenvalue weighted by Gasteiger charge is -2.22. The highest BCUT2D eigenvalue weighted by atomic mass is 16.6. The Morgan fingerprint density at radius 1 is 1.47 bits per heavy atom. The minimum Gasteiger partial charge on any atom is -0.480 e. The third-order valence-corrected chi connectivity index (χ3v) is 2.72. The Labute approximate surface area is 98.2 Å². The molecule has 0 saturated heterocycles. The summed E-state index contributed by atoms with van der Waals surface area (Å²) >= 11 is 0. The molecule has 1 atom stereocenters. The van der Waals surface area contributed by atoms with Gasteiger partial charge in [-0.3, -0.25) is 14.9 Å². The first-order valence-electron chi connectivity index (χ1n) is 5.14. The first kappa shape index (κ1) is 13.1. The highest BCUT2D eigenvalue weighted by molar-refractivity contribution is 5.78. The van der Waals surface area contributed by atoms with Crippen LogP contribution in [0.4, 0.5) is 5.69 Å². The second-order valence-corrected chi connectivity index (χ2v) is 3.92. The number of carboxylic acids is 1. The third-order valence-electron chi connectivity index (χ3n) is 2.72. The van der Waals surface area contributed by atoms with Gasteiger partial charge in [-0.1, -0.05) is 19.1 Å². The van der Waals surface area contributed by atoms with Crippen molar-refractivity contribution in [3.8, 4) is 0 Å². The summed E-state index contributed by atoms with van der Waals surface area (Å²) < 4.78 is 0. The first-order chi connectivity index (χ1) is 7.89. The summed E-state index contributed by atoms with van der Waals surface area (Å²) in [7, 11) is 0. The summed E-state index contributed by atoms with van der Waals surface area (Å²) in [6.45, 7) is 1.69. The van der Waals surface area contributed by atoms with Gasteiger partial charge in [0.2, 0.25) is 0 Å². The number of nitrogens with zero attached hydrogens (tertiary/aromatic N) is 1. The number of hydrogen-bond acceptors (Lipinski definition) is 4. The molecule has 0 aliphatic heterocycles. The molecule has 1 aromatic rings. The molecule has 6 heteroatoms. The molecule has 1 aromatic carbocycles. The van der Waals surface area contributed by atoms with Crippen molar-refractivity contribution in [2.75, 3.05) is 0 Å². The molecule has 6 nitrogen and oxygen atoms in total. The number of aliphatic carboxylic acids is 1. The SMILES string of the molecule is CC[C@](N)(Cc1ccc([N+](=O)[O-])cc1)C(=O)O. The quantitative estimate of drug-likeness (QED) is 0.594. The molecular weight excluding hydrogens is 224 g/mol. The smallest absolute Gasteiger partial charge is 0.324 e. The standard InChI is InChI=1S/C11H14N2O4/c1-2-11(12,10(14)15)7-8-3-5-9(6-4-8)13(16)17/h3-6H,2,7,12H2,1H3,(H,14,15)/t11-/m0/s1. The molecule has 17 heavy (non-hydrogen) atoms. The molecule has 1 rings (SSSR count). The van der Waals surface area contributed by atoms with Crippen molar-refractivity contribution >= 4 is 11.7 Å². The van der Waals surface area contributed by atoms with E-state index in [1.54, 1.807) is 6.92 Å². The van der Waals surface area contributed by atoms with E-state index in [9.17, 15) is 14.9 Å². The van der Waals surface area contributed by atoms with Gasteiger partial charge in [0.05, 0.1) is 4.92 Å². The maximum atomic E-state index is 11.0. The van der Waals surface area contributed by atoms with Crippen molar-refractivity contribution < 1.29 is 14.8 Å². The van der Waals surface area contributed by atoms with Gasteiger partial charge in [0.15, 0.2) is 0 Å². The van der Waals surface area contributed by atoms with Crippen LogP contribution < -0.4 is 5.73 Å². The first-order valence-corrected chi connectivity index (χ1v) is 5.14. The number of nitro benzene ring substituents is 1. The topological polar surface area (TPSA) is 106 Å². The van der Waals surface area contributed by atoms with Crippen LogP contribution in [0.5, 0.6) is 0 Å². The van der Waals surface area contributed by atoms with Gasteiger partial charge in [-0.05, 0) is 12.0 Å². The van der Waals surface area contributed by atoms with Crippen molar-refractivity contribution in [3.05, 3.63) is 39.9 Å². The highest BCUT2D eigenvalue weighted by Gasteiger charge is 2.31. The molecule has 0 bridgehead atoms. The fraction of sp³-hybridized carbons (Fsp3) is 0.364. The molecule has 0 aromatic heterocycles. The zero-order valence-electron chi connectivity index (χ0n) is 9.42. The van der Waals surface area contributed by atoms with Gasteiger partial charge >= 0.3 is 5.97 Å². The van der Waals surface area contributed by atoms with E-state index in [1.807, 2.05) is 0 Å². The lowest BCUT2D eigenvalue weighted by Crippen LogP contribution is -2.49. The fourth-order valence-electron chi connectivity index (χ4n) is 1.45. The average molecular weight is 238 g/mol. The Balaban J connectivity index is 2.88. The Hall–Kier alpha value is -1.95. The lowest BCUT2D eigenvalue weighted by atomic mass is 9.89. The molecule has 0 unspecified atom stereocenters. The molecule has 0 amide bonds. The van der Waals surface area contributed by atoms with E-state index in [2.05, 4.69) is 0 Å². The van der Waals surface area contributed by atoms with Crippen LogP contribution >= 0.6 is 0 Å². The lowest BCUT2D eigenvalue weighted by molar-refractivity contribution is -0.384. The summed E-state index contributed by atoms with van der Waals surface area (Å²) in [5.41, 5.74) is 5.06. The van der Waals surface area contributed by atoms with E-state index in [0.717, 1.165) is 0 Å². The molecule has 0 aliphatic rings. The number of benzene rings is 1. The zero-order valence-corrected chi connectivity index (χ0v) is 9.42. The number of nitro groups is 1. The third kappa shape index (κ3) is 3.01. The van der Waals surface area contributed by atoms with E-state index in [-0.39, 0.29) is 12.1 Å². The Morgan fingerprint density at radius 2 is 2.00 bits per heavy atom. The predicted molar refractivity (Wildman–Crippen MR) is 61.6 cm³/mol. The van der Waals surface area contributed by atoms with Crippen molar-refractivity contribution in [1.29, 1.82) is 0 Å². The number of nitrogens with two attached hydrogens (primary N) is 1. The van der Waals surface area contributed by atoms with Crippen LogP contribution in [0.3, 0.4) is 0 Å². The monoisotopic (exact) mass is 238 g/mol. The fourth-order valence-corrected chi connectivity index (χ4v) is 1.45. The summed E-state index contributed by atoms with van der Waals surface area (Å²) in [6, 6.07) is 5.73. The van der Waals surface area contributed by atoms with Crippen LogP contribution in [0.1, 0.15) is 18.9 Å². The van der Waals surface area contributed by atoms with Crippen LogP contribution in [0.25, 0.3) is 0 Å². The van der Waals surface area contributed by atoms with Gasteiger partial charge in [-0.25, -0.2) is 0 Å². The molecule has 0 heterocycles. The molecule has 0 spiro atoms. The minimum absolute atomic E-state index is 0.0248. The Kier molecular flexibility index (Phi) is 3.80. The Bertz CT molecular complexity index is 430. The molecule has 92 valence electrons. The second kappa shape index (κ2) is 4.92. The van der Waals surface area contributed by atoms with Gasteiger partial charge in [0.25, 0.3) is 5.69 Å². The van der Waals surface area contributed by atoms with Gasteiger partial charge in [0.1, 0.15) is 5.54 Å². The number of rotatable bonds is 5. The van der Waals surface area contributed by atoms with E-state index >= 15 is 0 Å². The molecule has 0 aliphatic carbocycles. The zero-order chi connectivity index (χ0) is 13.1. The Morgan fingerprint density at radius 3 is 2.35 bits per heavy atom. The van der Waals surface area contributed by atoms with E-state index in [1.165, 1.54) is 24.3 Å². The second-order valence-electron chi connectivity index (χ2n) is 3.92. The summed E-state index contributed by atoms with van der Waals surface area (Å²) in [4.78, 5) is 20.9. The van der Waals surface area contributed by atoms with Gasteiger partial charge in [-0.15, -0.1) is 0 Å². The molecule has 0 saturated carbocycles. The molecular formula is C11H14N2O4. The number of carboxylic acid groups (broad SMARTS) is 1. The van der Waals surface area contributed by atoms with Crippen LogP contribution in [0.15, 0.2) is 24.3 Å². The van der Waals surface area contributed by atoms with Crippen molar-refractivity contribution in [2.45, 2.75) is 25.3 Å². The molecule has 0 fully saturated rings. The normalized spacial score (nSPS) is 14.0. The van der Waals surface area contributed by atoms with Crippen molar-refractivity contribution in [2.24, 2.45) is 5.73 Å². The van der Waals surface area contributed by atoms with Crippen LogP contribution in [-0.2, 0) is 11.2 Å². The van der Waals surface area contributed by atoms with E-state index < -0.39 is 16.4 Å². The highest BCUT2D eigenvalue weighted by Crippen LogP contribution is 2.18.